The number of nitrogens with zero attached hydrogens (tertiary/aromatic N) is 1. The second-order valence-corrected chi connectivity index (χ2v) is 10.4. The molecule has 0 bridgehead atoms. The number of anilines is 3. The highest BCUT2D eigenvalue weighted by molar-refractivity contribution is 7.91. The Morgan fingerprint density at radius 3 is 2.41 bits per heavy atom. The van der Waals surface area contributed by atoms with E-state index in [-0.39, 0.29) is 39.6 Å². The number of thiophene rings is 1. The Hall–Kier alpha value is -2.60. The minimum absolute atomic E-state index is 0.00352. The summed E-state index contributed by atoms with van der Waals surface area (Å²) in [5.41, 5.74) is -1.09. The van der Waals surface area contributed by atoms with Gasteiger partial charge in [0.05, 0.1) is 5.69 Å². The molecule has 9 nitrogen and oxygen atoms in total. The molecular formula is C20H22ClN3O6S2. The molecule has 3 N–H and O–H groups in total. The van der Waals surface area contributed by atoms with Gasteiger partial charge in [0, 0.05) is 18.5 Å². The number of hydrogen-bond acceptors (Lipinski definition) is 9. The quantitative estimate of drug-likeness (QED) is 0.284. The first-order chi connectivity index (χ1) is 15.0. The largest absolute Gasteiger partial charge is 0.504 e. The van der Waals surface area contributed by atoms with Crippen molar-refractivity contribution in [3.8, 4) is 5.75 Å². The molecule has 0 spiro atoms. The zero-order chi connectivity index (χ0) is 23.8. The summed E-state index contributed by atoms with van der Waals surface area (Å²) in [5, 5.41) is 17.6. The molecule has 3 aromatic rings. The Morgan fingerprint density at radius 2 is 1.88 bits per heavy atom. The smallest absolute Gasteiger partial charge is 0.256 e. The van der Waals surface area contributed by atoms with Crippen molar-refractivity contribution in [2.24, 2.45) is 0 Å². The highest BCUT2D eigenvalue weighted by Crippen LogP contribution is 2.41. The number of furan rings is 1. The number of nitrogens with one attached hydrogen (secondary N) is 2. The summed E-state index contributed by atoms with van der Waals surface area (Å²) >= 11 is 6.65. The van der Waals surface area contributed by atoms with E-state index < -0.39 is 32.7 Å². The van der Waals surface area contributed by atoms with Crippen LogP contribution in [-0.4, -0.2) is 30.9 Å². The fourth-order valence-corrected chi connectivity index (χ4v) is 6.12. The average molecular weight is 500 g/mol. The third-order valence-corrected chi connectivity index (χ3v) is 8.58. The zero-order valence-electron chi connectivity index (χ0n) is 17.6. The third-order valence-electron chi connectivity index (χ3n) is 4.84. The van der Waals surface area contributed by atoms with Gasteiger partial charge in [-0.2, -0.15) is 4.31 Å². The van der Waals surface area contributed by atoms with E-state index in [0.717, 1.165) is 11.3 Å². The molecule has 0 saturated heterocycles. The zero-order valence-corrected chi connectivity index (χ0v) is 19.9. The predicted octanol–water partition coefficient (Wildman–Crippen LogP) is 3.80. The van der Waals surface area contributed by atoms with Gasteiger partial charge < -0.3 is 20.2 Å². The van der Waals surface area contributed by atoms with Crippen LogP contribution < -0.4 is 21.5 Å². The molecule has 1 atom stereocenters. The van der Waals surface area contributed by atoms with E-state index in [1.807, 2.05) is 0 Å². The Bertz CT molecular complexity index is 1330. The predicted molar refractivity (Wildman–Crippen MR) is 126 cm³/mol. The lowest BCUT2D eigenvalue weighted by molar-refractivity contribution is 0.434. The Labute approximate surface area is 193 Å². The molecule has 0 aliphatic carbocycles. The van der Waals surface area contributed by atoms with Gasteiger partial charge in [0.25, 0.3) is 20.9 Å². The fraction of sp³-hybridized carbons (Fsp3) is 0.300. The average Bonchev–Trinajstić information content (AvgIpc) is 3.33. The van der Waals surface area contributed by atoms with Crippen LogP contribution in [0, 0.1) is 0 Å². The second-order valence-electron chi connectivity index (χ2n) is 6.97. The first-order valence-electron chi connectivity index (χ1n) is 9.60. The van der Waals surface area contributed by atoms with Crippen molar-refractivity contribution in [1.29, 1.82) is 0 Å². The van der Waals surface area contributed by atoms with Crippen molar-refractivity contribution in [1.82, 2.24) is 4.31 Å². The molecule has 32 heavy (non-hydrogen) atoms. The van der Waals surface area contributed by atoms with E-state index in [2.05, 4.69) is 17.2 Å². The van der Waals surface area contributed by atoms with Crippen LogP contribution >= 0.6 is 22.9 Å². The lowest BCUT2D eigenvalue weighted by atomic mass is 10.1. The summed E-state index contributed by atoms with van der Waals surface area (Å²) in [4.78, 5) is 24.4. The van der Waals surface area contributed by atoms with Crippen LogP contribution in [0.5, 0.6) is 5.75 Å². The molecule has 0 aliphatic heterocycles. The van der Waals surface area contributed by atoms with E-state index in [9.17, 15) is 23.1 Å². The highest BCUT2D eigenvalue weighted by Gasteiger charge is 2.31. The van der Waals surface area contributed by atoms with Gasteiger partial charge in [0.1, 0.15) is 23.2 Å². The van der Waals surface area contributed by atoms with Gasteiger partial charge in [0.2, 0.25) is 0 Å². The van der Waals surface area contributed by atoms with E-state index in [0.29, 0.717) is 11.3 Å². The Balaban J connectivity index is 1.92. The number of hydrogen-bond donors (Lipinski definition) is 3. The molecule has 0 unspecified atom stereocenters. The van der Waals surface area contributed by atoms with E-state index in [1.165, 1.54) is 15.8 Å². The monoisotopic (exact) mass is 499 g/mol. The van der Waals surface area contributed by atoms with Gasteiger partial charge in [-0.15, -0.1) is 11.3 Å². The van der Waals surface area contributed by atoms with Crippen LogP contribution in [0.15, 0.2) is 47.9 Å². The van der Waals surface area contributed by atoms with Gasteiger partial charge in [-0.05, 0) is 30.7 Å². The van der Waals surface area contributed by atoms with Crippen LogP contribution in [0.4, 0.5) is 17.1 Å². The van der Waals surface area contributed by atoms with E-state index >= 15 is 0 Å². The van der Waals surface area contributed by atoms with E-state index in [4.69, 9.17) is 16.0 Å². The summed E-state index contributed by atoms with van der Waals surface area (Å²) < 4.78 is 31.8. The third kappa shape index (κ3) is 4.20. The summed E-state index contributed by atoms with van der Waals surface area (Å²) in [5.74, 6) is -0.123. The molecule has 172 valence electrons. The minimum Gasteiger partial charge on any atom is -0.504 e. The lowest BCUT2D eigenvalue weighted by Gasteiger charge is -2.21. The van der Waals surface area contributed by atoms with Crippen LogP contribution in [0.25, 0.3) is 0 Å². The normalized spacial score (nSPS) is 12.9. The summed E-state index contributed by atoms with van der Waals surface area (Å²) in [6.45, 7) is 9.44. The maximum atomic E-state index is 12.7. The topological polar surface area (TPSA) is 129 Å². The standard InChI is InChI=1S/C20H22ClN3O6S2/c1-5-24(6-2)32(28,29)20-17(25)11(9-31-20)22-15-16(19(27)18(15)26)23-14(10(3)4)12-7-8-13(21)30-12/h7-9,14,22-23,25H,3,5-6H2,1-2,4H3/t14-/m1/s1. The molecule has 0 fully saturated rings. The van der Waals surface area contributed by atoms with Gasteiger partial charge >= 0.3 is 0 Å². The van der Waals surface area contributed by atoms with Crippen molar-refractivity contribution < 1.29 is 17.9 Å². The molecule has 2 heterocycles. The number of sulfonamides is 1. The molecule has 0 amide bonds. The van der Waals surface area contributed by atoms with Gasteiger partial charge in [0.15, 0.2) is 15.2 Å². The second kappa shape index (κ2) is 9.10. The van der Waals surface area contributed by atoms with Crippen molar-refractivity contribution in [2.75, 3.05) is 23.7 Å². The summed E-state index contributed by atoms with van der Waals surface area (Å²) in [6, 6.07) is 2.51. The SMILES string of the molecule is C=C(C)[C@@H](Nc1c(Nc2csc(S(=O)(=O)N(CC)CC)c2O)c(=O)c1=O)c1ccc(Cl)o1. The van der Waals surface area contributed by atoms with Crippen LogP contribution in [0.1, 0.15) is 32.6 Å². The maximum Gasteiger partial charge on any atom is 0.256 e. The number of rotatable bonds is 10. The number of aromatic hydroxyl groups is 1. The van der Waals surface area contributed by atoms with Crippen molar-refractivity contribution in [3.05, 3.63) is 61.1 Å². The first kappa shape index (κ1) is 24.1. The lowest BCUT2D eigenvalue weighted by Crippen LogP contribution is -2.37. The molecule has 1 aromatic carbocycles. The molecule has 0 radical (unpaired) electrons. The van der Waals surface area contributed by atoms with Crippen molar-refractivity contribution in [2.45, 2.75) is 31.0 Å². The molecule has 2 aromatic heterocycles. The van der Waals surface area contributed by atoms with Crippen LogP contribution in [0.3, 0.4) is 0 Å². The van der Waals surface area contributed by atoms with Crippen LogP contribution in [-0.2, 0) is 10.0 Å². The van der Waals surface area contributed by atoms with Gasteiger partial charge in [-0.1, -0.05) is 26.0 Å². The van der Waals surface area contributed by atoms with Crippen molar-refractivity contribution in [3.63, 3.8) is 0 Å². The minimum atomic E-state index is -3.90. The molecule has 12 heteroatoms. The first-order valence-corrected chi connectivity index (χ1v) is 12.3. The molecule has 0 aliphatic rings. The van der Waals surface area contributed by atoms with Gasteiger partial charge in [-0.25, -0.2) is 8.42 Å². The van der Waals surface area contributed by atoms with Gasteiger partial charge in [-0.3, -0.25) is 9.59 Å². The summed E-state index contributed by atoms with van der Waals surface area (Å²) in [6.07, 6.45) is 0. The summed E-state index contributed by atoms with van der Waals surface area (Å²) in [7, 11) is -3.90. The van der Waals surface area contributed by atoms with Crippen LogP contribution in [0.2, 0.25) is 5.22 Å². The number of halogens is 1. The molecule has 3 rings (SSSR count). The highest BCUT2D eigenvalue weighted by atomic mass is 35.5. The Morgan fingerprint density at radius 1 is 1.25 bits per heavy atom. The Kier molecular flexibility index (Phi) is 6.84. The maximum absolute atomic E-state index is 12.7. The fourth-order valence-electron chi connectivity index (χ4n) is 3.13. The van der Waals surface area contributed by atoms with E-state index in [1.54, 1.807) is 26.8 Å². The molecular weight excluding hydrogens is 478 g/mol. The van der Waals surface area contributed by atoms with Crippen molar-refractivity contribution >= 4 is 50.0 Å². The molecule has 0 saturated carbocycles.